The number of carbonyl (C=O) groups excluding carboxylic acids is 1. The number of hydrogen-bond acceptors (Lipinski definition) is 7. The third-order valence-corrected chi connectivity index (χ3v) is 6.85. The number of cyclic esters (lactones) is 1. The Morgan fingerprint density at radius 2 is 1.86 bits per heavy atom. The summed E-state index contributed by atoms with van der Waals surface area (Å²) in [6, 6.07) is 2.17. The van der Waals surface area contributed by atoms with Crippen LogP contribution >= 0.6 is 0 Å². The molecule has 0 unspecified atom stereocenters. The molecule has 0 N–H and O–H groups in total. The van der Waals surface area contributed by atoms with E-state index in [4.69, 9.17) is 4.74 Å². The van der Waals surface area contributed by atoms with Crippen LogP contribution in [-0.4, -0.2) is 58.9 Å². The zero-order valence-electron chi connectivity index (χ0n) is 15.6. The van der Waals surface area contributed by atoms with E-state index in [0.29, 0.717) is 5.82 Å². The van der Waals surface area contributed by atoms with Crippen molar-refractivity contribution in [3.8, 4) is 0 Å². The van der Waals surface area contributed by atoms with E-state index in [9.17, 15) is 22.0 Å². The molecule has 4 rings (SSSR count). The lowest BCUT2D eigenvalue weighted by molar-refractivity contribution is 0.126. The predicted octanol–water partition coefficient (Wildman–Crippen LogP) is 1.58. The summed E-state index contributed by atoms with van der Waals surface area (Å²) in [6.45, 7) is 1.92. The van der Waals surface area contributed by atoms with Gasteiger partial charge in [-0.15, -0.1) is 10.2 Å². The summed E-state index contributed by atoms with van der Waals surface area (Å²) >= 11 is 0. The van der Waals surface area contributed by atoms with Crippen molar-refractivity contribution in [3.05, 3.63) is 35.2 Å². The smallest absolute Gasteiger partial charge is 0.414 e. The maximum Gasteiger partial charge on any atom is 0.414 e. The Balaban J connectivity index is 1.51. The van der Waals surface area contributed by atoms with Crippen LogP contribution in [0.15, 0.2) is 12.1 Å². The standard InChI is InChI=1S/C17H19F2N5O4S/c1-10-20-22-24(21-10)9-13-8-23(17(25)28-13)12-6-14(18)16(15(19)7-12)11-2-4-29(26,27)5-3-11/h6-7,11,13H,2-5,8-9H2,1H3/t13-/m1/s1. The van der Waals surface area contributed by atoms with Crippen LogP contribution in [0.2, 0.25) is 0 Å². The molecule has 0 saturated carbocycles. The Kier molecular flexibility index (Phi) is 4.97. The van der Waals surface area contributed by atoms with Crippen molar-refractivity contribution >= 4 is 21.6 Å². The Hall–Kier alpha value is -2.63. The maximum absolute atomic E-state index is 14.7. The van der Waals surface area contributed by atoms with Crippen LogP contribution in [-0.2, 0) is 21.1 Å². The number of benzene rings is 1. The topological polar surface area (TPSA) is 107 Å². The predicted molar refractivity (Wildman–Crippen MR) is 97.2 cm³/mol. The van der Waals surface area contributed by atoms with Crippen molar-refractivity contribution in [2.45, 2.75) is 38.3 Å². The molecule has 12 heteroatoms. The van der Waals surface area contributed by atoms with Crippen molar-refractivity contribution in [2.75, 3.05) is 23.0 Å². The molecule has 3 heterocycles. The zero-order valence-corrected chi connectivity index (χ0v) is 16.4. The van der Waals surface area contributed by atoms with Crippen LogP contribution in [0.5, 0.6) is 0 Å². The molecule has 0 spiro atoms. The van der Waals surface area contributed by atoms with E-state index < -0.39 is 39.6 Å². The van der Waals surface area contributed by atoms with Gasteiger partial charge in [-0.1, -0.05) is 0 Å². The van der Waals surface area contributed by atoms with Crippen LogP contribution in [0.1, 0.15) is 30.1 Å². The van der Waals surface area contributed by atoms with Crippen molar-refractivity contribution in [3.63, 3.8) is 0 Å². The van der Waals surface area contributed by atoms with Crippen LogP contribution in [0.4, 0.5) is 19.3 Å². The molecule has 156 valence electrons. The van der Waals surface area contributed by atoms with Crippen LogP contribution < -0.4 is 4.90 Å². The molecule has 1 atom stereocenters. The van der Waals surface area contributed by atoms with Gasteiger partial charge >= 0.3 is 6.09 Å². The fourth-order valence-electron chi connectivity index (χ4n) is 3.71. The lowest BCUT2D eigenvalue weighted by Gasteiger charge is -2.24. The summed E-state index contributed by atoms with van der Waals surface area (Å²) in [4.78, 5) is 14.6. The average molecular weight is 427 g/mol. The number of nitrogens with zero attached hydrogens (tertiary/aromatic N) is 5. The van der Waals surface area contributed by atoms with E-state index in [0.717, 1.165) is 17.0 Å². The lowest BCUT2D eigenvalue weighted by Crippen LogP contribution is -2.27. The largest absolute Gasteiger partial charge is 0.442 e. The fourth-order valence-corrected chi connectivity index (χ4v) is 5.20. The number of amides is 1. The van der Waals surface area contributed by atoms with Crippen LogP contribution in [0.3, 0.4) is 0 Å². The molecule has 0 aliphatic carbocycles. The third kappa shape index (κ3) is 4.07. The second-order valence-electron chi connectivity index (χ2n) is 7.26. The van der Waals surface area contributed by atoms with Gasteiger partial charge in [0.25, 0.3) is 0 Å². The van der Waals surface area contributed by atoms with Crippen LogP contribution in [0.25, 0.3) is 0 Å². The molecule has 0 bridgehead atoms. The van der Waals surface area contributed by atoms with Crippen molar-refractivity contribution < 1.29 is 26.7 Å². The molecule has 0 radical (unpaired) electrons. The lowest BCUT2D eigenvalue weighted by atomic mass is 9.92. The normalized spacial score (nSPS) is 22.1. The van der Waals surface area contributed by atoms with Gasteiger partial charge in [0, 0.05) is 5.56 Å². The van der Waals surface area contributed by atoms with Crippen molar-refractivity contribution in [1.82, 2.24) is 20.2 Å². The monoisotopic (exact) mass is 427 g/mol. The van der Waals surface area contributed by atoms with Gasteiger partial charge in [-0.3, -0.25) is 4.90 Å². The van der Waals surface area contributed by atoms with E-state index in [1.807, 2.05) is 0 Å². The molecule has 9 nitrogen and oxygen atoms in total. The van der Waals surface area contributed by atoms with Crippen LogP contribution in [0, 0.1) is 18.6 Å². The number of sulfone groups is 1. The summed E-state index contributed by atoms with van der Waals surface area (Å²) in [5.41, 5.74) is -0.0857. The number of halogens is 2. The summed E-state index contributed by atoms with van der Waals surface area (Å²) in [6.07, 6.45) is -0.964. The first-order chi connectivity index (χ1) is 13.7. The number of aromatic nitrogens is 4. The minimum absolute atomic E-state index is 0.0439. The van der Waals surface area contributed by atoms with Gasteiger partial charge < -0.3 is 4.74 Å². The SMILES string of the molecule is Cc1nnn(C[C@H]2CN(c3cc(F)c(C4CCS(=O)(=O)CC4)c(F)c3)C(=O)O2)n1. The highest BCUT2D eigenvalue weighted by Gasteiger charge is 2.35. The fraction of sp³-hybridized carbons (Fsp3) is 0.529. The number of rotatable bonds is 4. The molecule has 2 aliphatic rings. The number of anilines is 1. The second kappa shape index (κ2) is 7.32. The summed E-state index contributed by atoms with van der Waals surface area (Å²) in [7, 11) is -3.14. The molecular formula is C17H19F2N5O4S. The molecular weight excluding hydrogens is 408 g/mol. The van der Waals surface area contributed by atoms with Gasteiger partial charge in [-0.25, -0.2) is 22.0 Å². The second-order valence-corrected chi connectivity index (χ2v) is 9.56. The highest BCUT2D eigenvalue weighted by molar-refractivity contribution is 7.91. The van der Waals surface area contributed by atoms with E-state index in [1.54, 1.807) is 6.92 Å². The first-order valence-corrected chi connectivity index (χ1v) is 11.0. The summed E-state index contributed by atoms with van der Waals surface area (Å²) in [5, 5.41) is 11.6. The Bertz CT molecular complexity index is 1020. The van der Waals surface area contributed by atoms with Crippen molar-refractivity contribution in [1.29, 1.82) is 0 Å². The van der Waals surface area contributed by atoms with E-state index in [2.05, 4.69) is 15.4 Å². The van der Waals surface area contributed by atoms with Gasteiger partial charge in [-0.2, -0.15) is 4.80 Å². The number of carbonyl (C=O) groups is 1. The van der Waals surface area contributed by atoms with E-state index in [1.165, 1.54) is 4.80 Å². The minimum atomic E-state index is -3.14. The van der Waals surface area contributed by atoms with Gasteiger partial charge in [0.2, 0.25) is 0 Å². The molecule has 2 saturated heterocycles. The Labute approximate surface area is 165 Å². The zero-order chi connectivity index (χ0) is 20.8. The number of ether oxygens (including phenoxy) is 1. The highest BCUT2D eigenvalue weighted by Crippen LogP contribution is 2.35. The van der Waals surface area contributed by atoms with Gasteiger partial charge in [0.1, 0.15) is 34.1 Å². The third-order valence-electron chi connectivity index (χ3n) is 5.13. The number of hydrogen-bond donors (Lipinski definition) is 0. The Morgan fingerprint density at radius 3 is 2.45 bits per heavy atom. The minimum Gasteiger partial charge on any atom is -0.442 e. The van der Waals surface area contributed by atoms with Gasteiger partial charge in [0.15, 0.2) is 5.82 Å². The highest BCUT2D eigenvalue weighted by atomic mass is 32.2. The van der Waals surface area contributed by atoms with E-state index in [-0.39, 0.29) is 48.7 Å². The summed E-state index contributed by atoms with van der Waals surface area (Å²) in [5.74, 6) is -1.81. The molecule has 2 aromatic rings. The van der Waals surface area contributed by atoms with Gasteiger partial charge in [0.05, 0.1) is 23.7 Å². The first-order valence-electron chi connectivity index (χ1n) is 9.14. The first kappa shape index (κ1) is 19.7. The number of aryl methyl sites for hydroxylation is 1. The molecule has 2 fully saturated rings. The maximum atomic E-state index is 14.7. The van der Waals surface area contributed by atoms with Gasteiger partial charge in [-0.05, 0) is 43.0 Å². The average Bonchev–Trinajstić information content (AvgIpc) is 3.21. The molecule has 1 aromatic carbocycles. The summed E-state index contributed by atoms with van der Waals surface area (Å²) < 4.78 is 57.8. The number of tetrazole rings is 1. The molecule has 2 aliphatic heterocycles. The molecule has 1 aromatic heterocycles. The molecule has 29 heavy (non-hydrogen) atoms. The Morgan fingerprint density at radius 1 is 1.21 bits per heavy atom. The quantitative estimate of drug-likeness (QED) is 0.729. The molecule has 1 amide bonds. The van der Waals surface area contributed by atoms with Crippen molar-refractivity contribution in [2.24, 2.45) is 0 Å². The van der Waals surface area contributed by atoms with E-state index >= 15 is 0 Å².